The molecule has 4 aromatic rings. The van der Waals surface area contributed by atoms with Gasteiger partial charge in [-0.1, -0.05) is 19.6 Å². The lowest BCUT2D eigenvalue weighted by Crippen LogP contribution is -2.42. The third-order valence-corrected chi connectivity index (χ3v) is 8.95. The molecule has 3 aromatic heterocycles. The first-order chi connectivity index (χ1) is 19.9. The molecule has 1 amide bonds. The van der Waals surface area contributed by atoms with Gasteiger partial charge in [0.15, 0.2) is 0 Å². The number of fused-ring (bicyclic) bond motifs is 1. The number of carbonyl (C=O) groups is 1. The lowest BCUT2D eigenvalue weighted by molar-refractivity contribution is 0.0237. The number of hydrogen-bond donors (Lipinski definition) is 0. The largest absolute Gasteiger partial charge is 0.444 e. The number of ether oxygens (including phenoxy) is 2. The van der Waals surface area contributed by atoms with Gasteiger partial charge in [0, 0.05) is 58.2 Å². The van der Waals surface area contributed by atoms with Gasteiger partial charge in [0.1, 0.15) is 18.0 Å². The molecule has 1 atom stereocenters. The van der Waals surface area contributed by atoms with Gasteiger partial charge in [-0.15, -0.1) is 10.2 Å². The molecule has 42 heavy (non-hydrogen) atoms. The smallest absolute Gasteiger partial charge is 0.410 e. The van der Waals surface area contributed by atoms with Crippen molar-refractivity contribution >= 4 is 31.0 Å². The molecule has 4 heterocycles. The topological polar surface area (TPSA) is 116 Å². The SMILES string of the molecule is CN(C(=O)OC(C)(C)C)C1CCN(c2ncc(-c3ccc(-n4cccn4)c4c3cnn4COCC[Si](C)(C)C)nn2)C1. The van der Waals surface area contributed by atoms with Gasteiger partial charge >= 0.3 is 6.09 Å². The van der Waals surface area contributed by atoms with E-state index in [9.17, 15) is 4.79 Å². The maximum Gasteiger partial charge on any atom is 0.410 e. The second kappa shape index (κ2) is 11.8. The fourth-order valence-electron chi connectivity index (χ4n) is 4.89. The highest BCUT2D eigenvalue weighted by atomic mass is 28.3. The van der Waals surface area contributed by atoms with Crippen molar-refractivity contribution in [3.8, 4) is 16.9 Å². The van der Waals surface area contributed by atoms with Crippen LogP contribution in [-0.4, -0.2) is 92.2 Å². The first kappa shape index (κ1) is 29.6. The molecule has 0 N–H and O–H groups in total. The molecule has 1 aromatic carbocycles. The molecule has 1 fully saturated rings. The van der Waals surface area contributed by atoms with E-state index in [1.165, 1.54) is 0 Å². The Morgan fingerprint density at radius 1 is 1.14 bits per heavy atom. The van der Waals surface area contributed by atoms with Crippen molar-refractivity contribution in [2.45, 2.75) is 71.3 Å². The van der Waals surface area contributed by atoms with E-state index in [4.69, 9.17) is 9.47 Å². The van der Waals surface area contributed by atoms with E-state index in [0.717, 1.165) is 41.2 Å². The molecule has 1 saturated heterocycles. The summed E-state index contributed by atoms with van der Waals surface area (Å²) < 4.78 is 15.3. The summed E-state index contributed by atoms with van der Waals surface area (Å²) in [6.45, 7) is 15.0. The molecule has 1 unspecified atom stereocenters. The Bertz CT molecular complexity index is 1510. The van der Waals surface area contributed by atoms with Crippen LogP contribution in [0.25, 0.3) is 27.8 Å². The first-order valence-corrected chi connectivity index (χ1v) is 18.1. The third kappa shape index (κ3) is 6.79. The minimum Gasteiger partial charge on any atom is -0.444 e. The summed E-state index contributed by atoms with van der Waals surface area (Å²) in [6.07, 6.45) is 7.73. The summed E-state index contributed by atoms with van der Waals surface area (Å²) >= 11 is 0. The molecule has 0 aliphatic carbocycles. The summed E-state index contributed by atoms with van der Waals surface area (Å²) in [7, 11) is 0.582. The number of carbonyl (C=O) groups excluding carboxylic acids is 1. The van der Waals surface area contributed by atoms with Crippen LogP contribution < -0.4 is 4.90 Å². The van der Waals surface area contributed by atoms with E-state index in [2.05, 4.69) is 49.9 Å². The predicted molar refractivity (Wildman–Crippen MR) is 164 cm³/mol. The summed E-state index contributed by atoms with van der Waals surface area (Å²) in [6, 6.07) is 7.01. The normalized spacial score (nSPS) is 15.9. The van der Waals surface area contributed by atoms with Gasteiger partial charge in [-0.3, -0.25) is 0 Å². The van der Waals surface area contributed by atoms with Gasteiger partial charge in [0.25, 0.3) is 0 Å². The first-order valence-electron chi connectivity index (χ1n) is 14.4. The van der Waals surface area contributed by atoms with Crippen molar-refractivity contribution in [2.75, 3.05) is 31.6 Å². The number of amides is 1. The number of benzene rings is 1. The van der Waals surface area contributed by atoms with E-state index in [0.29, 0.717) is 31.5 Å². The van der Waals surface area contributed by atoms with Crippen molar-refractivity contribution in [2.24, 2.45) is 0 Å². The summed E-state index contributed by atoms with van der Waals surface area (Å²) in [5.41, 5.74) is 2.80. The van der Waals surface area contributed by atoms with Crippen LogP contribution in [0.3, 0.4) is 0 Å². The standard InChI is InChI=1S/C29H41N9O3Si/c1-29(2,3)41-28(39)35(4)21-11-14-36(19-21)27-30-18-24(33-34-27)22-9-10-25(37-13-8-12-31-37)26-23(22)17-32-38(26)20-40-15-16-42(5,6)7/h8-10,12-13,17-18,21H,11,14-16,19-20H2,1-7H3. The van der Waals surface area contributed by atoms with Crippen LogP contribution in [-0.2, 0) is 16.2 Å². The number of anilines is 1. The van der Waals surface area contributed by atoms with Gasteiger partial charge in [-0.2, -0.15) is 10.2 Å². The lowest BCUT2D eigenvalue weighted by atomic mass is 10.1. The molecular weight excluding hydrogens is 550 g/mol. The van der Waals surface area contributed by atoms with E-state index in [-0.39, 0.29) is 12.1 Å². The van der Waals surface area contributed by atoms with Gasteiger partial charge in [-0.05, 0) is 51.4 Å². The lowest BCUT2D eigenvalue weighted by Gasteiger charge is -2.28. The molecule has 0 radical (unpaired) electrons. The fraction of sp³-hybridized carbons (Fsp3) is 0.517. The average Bonchev–Trinajstić information content (AvgIpc) is 3.70. The maximum atomic E-state index is 12.5. The highest BCUT2D eigenvalue weighted by molar-refractivity contribution is 6.76. The van der Waals surface area contributed by atoms with Gasteiger partial charge in [-0.25, -0.2) is 19.1 Å². The van der Waals surface area contributed by atoms with Crippen molar-refractivity contribution in [1.82, 2.24) is 39.6 Å². The van der Waals surface area contributed by atoms with Crippen molar-refractivity contribution in [1.29, 1.82) is 0 Å². The molecule has 13 heteroatoms. The highest BCUT2D eigenvalue weighted by Crippen LogP contribution is 2.32. The van der Waals surface area contributed by atoms with Crippen LogP contribution in [0.2, 0.25) is 25.7 Å². The van der Waals surface area contributed by atoms with E-state index in [1.54, 1.807) is 24.3 Å². The Labute approximate surface area is 247 Å². The van der Waals surface area contributed by atoms with Crippen LogP contribution >= 0.6 is 0 Å². The molecular formula is C29H41N9O3Si. The quantitative estimate of drug-likeness (QED) is 0.199. The van der Waals surface area contributed by atoms with Crippen LogP contribution in [0, 0.1) is 0 Å². The maximum absolute atomic E-state index is 12.5. The van der Waals surface area contributed by atoms with Gasteiger partial charge in [0.05, 0.1) is 29.6 Å². The highest BCUT2D eigenvalue weighted by Gasteiger charge is 2.32. The minimum atomic E-state index is -1.20. The monoisotopic (exact) mass is 591 g/mol. The van der Waals surface area contributed by atoms with Crippen LogP contribution in [0.4, 0.5) is 10.7 Å². The van der Waals surface area contributed by atoms with Crippen LogP contribution in [0.1, 0.15) is 27.2 Å². The second-order valence-electron chi connectivity index (χ2n) is 13.0. The van der Waals surface area contributed by atoms with Crippen molar-refractivity contribution in [3.05, 3.63) is 43.0 Å². The zero-order valence-corrected chi connectivity index (χ0v) is 26.6. The Hall–Kier alpha value is -3.84. The number of likely N-dealkylation sites (N-methyl/N-ethyl adjacent to an activating group) is 1. The number of aromatic nitrogens is 7. The summed E-state index contributed by atoms with van der Waals surface area (Å²) in [5, 5.41) is 19.1. The van der Waals surface area contributed by atoms with Gasteiger partial charge < -0.3 is 19.3 Å². The average molecular weight is 592 g/mol. The van der Waals surface area contributed by atoms with E-state index >= 15 is 0 Å². The van der Waals surface area contributed by atoms with Crippen LogP contribution in [0.5, 0.6) is 0 Å². The Morgan fingerprint density at radius 3 is 2.62 bits per heavy atom. The number of hydrogen-bond acceptors (Lipinski definition) is 9. The zero-order chi connectivity index (χ0) is 30.1. The molecule has 0 saturated carbocycles. The third-order valence-electron chi connectivity index (χ3n) is 7.24. The molecule has 1 aliphatic rings. The molecule has 12 nitrogen and oxygen atoms in total. The molecule has 224 valence electrons. The Balaban J connectivity index is 1.35. The molecule has 5 rings (SSSR count). The summed E-state index contributed by atoms with van der Waals surface area (Å²) in [4.78, 5) is 20.9. The zero-order valence-electron chi connectivity index (χ0n) is 25.6. The fourth-order valence-corrected chi connectivity index (χ4v) is 5.65. The molecule has 0 bridgehead atoms. The number of rotatable bonds is 9. The predicted octanol–water partition coefficient (Wildman–Crippen LogP) is 4.83. The summed E-state index contributed by atoms with van der Waals surface area (Å²) in [5.74, 6) is 0.537. The van der Waals surface area contributed by atoms with E-state index in [1.807, 2.05) is 60.7 Å². The minimum absolute atomic E-state index is 0.0105. The van der Waals surface area contributed by atoms with Gasteiger partial charge in [0.2, 0.25) is 5.95 Å². The molecule has 0 spiro atoms. The second-order valence-corrected chi connectivity index (χ2v) is 18.6. The Kier molecular flexibility index (Phi) is 8.33. The Morgan fingerprint density at radius 2 is 1.95 bits per heavy atom. The van der Waals surface area contributed by atoms with Crippen molar-refractivity contribution in [3.63, 3.8) is 0 Å². The van der Waals surface area contributed by atoms with Crippen molar-refractivity contribution < 1.29 is 14.3 Å². The molecule has 1 aliphatic heterocycles. The number of nitrogens with zero attached hydrogens (tertiary/aromatic N) is 9. The van der Waals surface area contributed by atoms with Crippen LogP contribution in [0.15, 0.2) is 43.0 Å². The van der Waals surface area contributed by atoms with E-state index < -0.39 is 13.7 Å².